The Hall–Kier alpha value is -1.62. The monoisotopic (exact) mass is 220 g/mol. The lowest BCUT2D eigenvalue weighted by molar-refractivity contribution is 0.00881. The van der Waals surface area contributed by atoms with Crippen LogP contribution in [0, 0.1) is 0 Å². The van der Waals surface area contributed by atoms with E-state index in [0.717, 1.165) is 36.9 Å². The second-order valence-electron chi connectivity index (χ2n) is 4.33. The number of carboxylic acid groups (broad SMARTS) is 1. The van der Waals surface area contributed by atoms with Crippen LogP contribution in [-0.4, -0.2) is 16.1 Å². The van der Waals surface area contributed by atoms with Crippen LogP contribution < -0.4 is 5.48 Å². The van der Waals surface area contributed by atoms with Crippen LogP contribution in [0.4, 0.5) is 5.69 Å². The van der Waals surface area contributed by atoms with Gasteiger partial charge in [-0.1, -0.05) is 0 Å². The van der Waals surface area contributed by atoms with Gasteiger partial charge in [0.25, 0.3) is 0 Å². The predicted octanol–water partition coefficient (Wildman–Crippen LogP) is 1.91. The molecule has 84 valence electrons. The van der Waals surface area contributed by atoms with Gasteiger partial charge in [0.15, 0.2) is 0 Å². The maximum absolute atomic E-state index is 10.9. The summed E-state index contributed by atoms with van der Waals surface area (Å²) in [4.78, 5) is 20.4. The number of aromatic carboxylic acids is 1. The maximum Gasteiger partial charge on any atom is 0.354 e. The smallest absolute Gasteiger partial charge is 0.354 e. The Bertz CT molecular complexity index is 453. The van der Waals surface area contributed by atoms with Crippen molar-refractivity contribution in [3.8, 4) is 0 Å². The second kappa shape index (κ2) is 3.18. The van der Waals surface area contributed by atoms with Crippen LogP contribution >= 0.6 is 0 Å². The van der Waals surface area contributed by atoms with Crippen molar-refractivity contribution in [2.75, 3.05) is 5.48 Å². The summed E-state index contributed by atoms with van der Waals surface area (Å²) in [5, 5.41) is 8.92. The van der Waals surface area contributed by atoms with Crippen molar-refractivity contribution in [1.82, 2.24) is 4.98 Å². The van der Waals surface area contributed by atoms with Gasteiger partial charge in [-0.25, -0.2) is 9.78 Å². The van der Waals surface area contributed by atoms with Gasteiger partial charge in [-0.05, 0) is 31.7 Å². The first-order valence-corrected chi connectivity index (χ1v) is 5.39. The number of anilines is 1. The van der Waals surface area contributed by atoms with Gasteiger partial charge in [-0.15, -0.1) is 0 Å². The van der Waals surface area contributed by atoms with Crippen LogP contribution in [0.25, 0.3) is 0 Å². The molecule has 5 nitrogen and oxygen atoms in total. The molecule has 0 aromatic carbocycles. The minimum Gasteiger partial charge on any atom is -0.477 e. The van der Waals surface area contributed by atoms with E-state index in [4.69, 9.17) is 9.94 Å². The molecule has 1 spiro atoms. The fraction of sp³-hybridized carbons (Fsp3) is 0.455. The molecule has 1 aromatic heterocycles. The lowest BCUT2D eigenvalue weighted by atomic mass is 9.92. The normalized spacial score (nSPS) is 20.8. The summed E-state index contributed by atoms with van der Waals surface area (Å²) in [5.74, 6) is -0.997. The molecule has 2 heterocycles. The lowest BCUT2D eigenvalue weighted by Crippen LogP contribution is -2.22. The van der Waals surface area contributed by atoms with E-state index in [9.17, 15) is 4.79 Å². The summed E-state index contributed by atoms with van der Waals surface area (Å²) < 4.78 is 0. The number of carboxylic acids is 1. The summed E-state index contributed by atoms with van der Waals surface area (Å²) >= 11 is 0. The quantitative estimate of drug-likeness (QED) is 0.756. The average Bonchev–Trinajstić information content (AvgIpc) is 2.88. The summed E-state index contributed by atoms with van der Waals surface area (Å²) in [5.41, 5.74) is 4.35. The first-order chi connectivity index (χ1) is 7.71. The minimum atomic E-state index is -0.997. The molecule has 0 bridgehead atoms. The highest BCUT2D eigenvalue weighted by Gasteiger charge is 2.43. The van der Waals surface area contributed by atoms with Crippen molar-refractivity contribution in [1.29, 1.82) is 0 Å². The molecule has 16 heavy (non-hydrogen) atoms. The third kappa shape index (κ3) is 1.21. The molecule has 0 atom stereocenters. The summed E-state index contributed by atoms with van der Waals surface area (Å²) in [7, 11) is 0. The number of pyridine rings is 1. The largest absolute Gasteiger partial charge is 0.477 e. The minimum absolute atomic E-state index is 0.0809. The third-order valence-electron chi connectivity index (χ3n) is 3.38. The highest BCUT2D eigenvalue weighted by atomic mass is 16.7. The zero-order chi connectivity index (χ0) is 11.2. The molecule has 1 aromatic rings. The zero-order valence-corrected chi connectivity index (χ0v) is 8.69. The van der Waals surface area contributed by atoms with Gasteiger partial charge in [-0.2, -0.15) is 0 Å². The fourth-order valence-corrected chi connectivity index (χ4v) is 2.56. The van der Waals surface area contributed by atoms with Gasteiger partial charge in [0.1, 0.15) is 11.3 Å². The zero-order valence-electron chi connectivity index (χ0n) is 8.69. The topological polar surface area (TPSA) is 71.5 Å². The molecule has 1 saturated carbocycles. The van der Waals surface area contributed by atoms with Gasteiger partial charge in [-0.3, -0.25) is 10.3 Å². The standard InChI is InChI=1S/C11H12N2O3/c14-10(15)8-5-7-9(6-12-8)13-16-11(7)3-1-2-4-11/h5-6,13H,1-4H2,(H,14,15). The van der Waals surface area contributed by atoms with Crippen LogP contribution in [0.3, 0.4) is 0 Å². The van der Waals surface area contributed by atoms with Crippen molar-refractivity contribution in [2.24, 2.45) is 0 Å². The molecule has 2 aliphatic rings. The van der Waals surface area contributed by atoms with Gasteiger partial charge in [0, 0.05) is 5.56 Å². The number of rotatable bonds is 1. The molecule has 5 heteroatoms. The summed E-state index contributed by atoms with van der Waals surface area (Å²) in [6.07, 6.45) is 5.65. The van der Waals surface area contributed by atoms with E-state index in [1.54, 1.807) is 6.07 Å². The highest BCUT2D eigenvalue weighted by molar-refractivity contribution is 5.86. The SMILES string of the molecule is O=C(O)c1cc2c(cn1)NOC21CCCC1. The molecule has 2 N–H and O–H groups in total. The molecule has 1 aliphatic heterocycles. The molecular weight excluding hydrogens is 208 g/mol. The van der Waals surface area contributed by atoms with E-state index in [2.05, 4.69) is 10.5 Å². The maximum atomic E-state index is 10.9. The van der Waals surface area contributed by atoms with Crippen LogP contribution in [0.5, 0.6) is 0 Å². The predicted molar refractivity (Wildman–Crippen MR) is 56.1 cm³/mol. The molecule has 0 radical (unpaired) electrons. The van der Waals surface area contributed by atoms with Crippen molar-refractivity contribution < 1.29 is 14.7 Å². The van der Waals surface area contributed by atoms with Crippen LogP contribution in [0.2, 0.25) is 0 Å². The Morgan fingerprint density at radius 3 is 2.94 bits per heavy atom. The Kier molecular flexibility index (Phi) is 1.91. The Labute approximate surface area is 92.4 Å². The van der Waals surface area contributed by atoms with Gasteiger partial charge in [0.2, 0.25) is 0 Å². The third-order valence-corrected chi connectivity index (χ3v) is 3.38. The van der Waals surface area contributed by atoms with E-state index < -0.39 is 5.97 Å². The summed E-state index contributed by atoms with van der Waals surface area (Å²) in [6, 6.07) is 1.63. The van der Waals surface area contributed by atoms with Crippen molar-refractivity contribution in [3.63, 3.8) is 0 Å². The van der Waals surface area contributed by atoms with E-state index in [-0.39, 0.29) is 11.3 Å². The van der Waals surface area contributed by atoms with Crippen molar-refractivity contribution >= 4 is 11.7 Å². The Balaban J connectivity index is 2.09. The van der Waals surface area contributed by atoms with Gasteiger partial charge < -0.3 is 5.11 Å². The lowest BCUT2D eigenvalue weighted by Gasteiger charge is -2.20. The van der Waals surface area contributed by atoms with E-state index >= 15 is 0 Å². The number of hydrogen-bond acceptors (Lipinski definition) is 4. The molecule has 3 rings (SSSR count). The van der Waals surface area contributed by atoms with E-state index in [1.807, 2.05) is 0 Å². The van der Waals surface area contributed by atoms with Crippen molar-refractivity contribution in [3.05, 3.63) is 23.5 Å². The van der Waals surface area contributed by atoms with E-state index in [0.29, 0.717) is 0 Å². The molecular formula is C11H12N2O3. The number of fused-ring (bicyclic) bond motifs is 2. The van der Waals surface area contributed by atoms with Gasteiger partial charge >= 0.3 is 5.97 Å². The number of hydrogen-bond donors (Lipinski definition) is 2. The molecule has 1 aliphatic carbocycles. The average molecular weight is 220 g/mol. The second-order valence-corrected chi connectivity index (χ2v) is 4.33. The fourth-order valence-electron chi connectivity index (χ4n) is 2.56. The molecule has 1 fully saturated rings. The van der Waals surface area contributed by atoms with Crippen LogP contribution in [-0.2, 0) is 10.4 Å². The number of nitrogens with one attached hydrogen (secondary N) is 1. The number of aromatic nitrogens is 1. The Morgan fingerprint density at radius 1 is 1.50 bits per heavy atom. The van der Waals surface area contributed by atoms with Crippen LogP contribution in [0.1, 0.15) is 41.7 Å². The van der Waals surface area contributed by atoms with Crippen LogP contribution in [0.15, 0.2) is 12.3 Å². The first kappa shape index (κ1) is 9.59. The number of carbonyl (C=O) groups is 1. The van der Waals surface area contributed by atoms with Crippen molar-refractivity contribution in [2.45, 2.75) is 31.3 Å². The first-order valence-electron chi connectivity index (χ1n) is 5.39. The molecule has 0 saturated heterocycles. The van der Waals surface area contributed by atoms with E-state index in [1.165, 1.54) is 6.20 Å². The summed E-state index contributed by atoms with van der Waals surface area (Å²) in [6.45, 7) is 0. The number of nitrogens with zero attached hydrogens (tertiary/aromatic N) is 1. The Morgan fingerprint density at radius 2 is 2.25 bits per heavy atom. The molecule has 0 amide bonds. The molecule has 0 unspecified atom stereocenters. The highest BCUT2D eigenvalue weighted by Crippen LogP contribution is 2.48. The van der Waals surface area contributed by atoms with Gasteiger partial charge in [0.05, 0.1) is 11.9 Å².